The summed E-state index contributed by atoms with van der Waals surface area (Å²) in [6.07, 6.45) is 17.8. The zero-order valence-electron chi connectivity index (χ0n) is 46.5. The maximum atomic E-state index is 2.97. The van der Waals surface area contributed by atoms with E-state index in [0.29, 0.717) is 17.3 Å². The summed E-state index contributed by atoms with van der Waals surface area (Å²) in [5.41, 5.74) is 21.6. The van der Waals surface area contributed by atoms with Gasteiger partial charge in [-0.25, -0.2) is 0 Å². The zero-order chi connectivity index (χ0) is 50.1. The van der Waals surface area contributed by atoms with E-state index in [9.17, 15) is 0 Å². The van der Waals surface area contributed by atoms with E-state index in [-0.39, 0.29) is 45.8 Å². The van der Waals surface area contributed by atoms with Gasteiger partial charge in [-0.3, -0.25) is 0 Å². The van der Waals surface area contributed by atoms with Crippen molar-refractivity contribution in [3.05, 3.63) is 142 Å². The summed E-state index contributed by atoms with van der Waals surface area (Å²) >= 11 is 0. The first-order valence-electron chi connectivity index (χ1n) is 26.9. The minimum absolute atomic E-state index is 0.00626. The van der Waals surface area contributed by atoms with Crippen molar-refractivity contribution in [2.24, 2.45) is 28.6 Å². The Kier molecular flexibility index (Phi) is 12.1. The molecule has 3 heteroatoms. The fourth-order valence-corrected chi connectivity index (χ4v) is 13.4. The molecule has 0 saturated heterocycles. The summed E-state index contributed by atoms with van der Waals surface area (Å²) in [7, 11) is 0. The average Bonchev–Trinajstić information content (AvgIpc) is 3.25. The Labute approximate surface area is 420 Å². The van der Waals surface area contributed by atoms with E-state index in [1.165, 1.54) is 91.9 Å². The lowest BCUT2D eigenvalue weighted by Gasteiger charge is -2.58. The van der Waals surface area contributed by atoms with Gasteiger partial charge in [0.05, 0.1) is 6.04 Å². The van der Waals surface area contributed by atoms with Crippen LogP contribution < -0.4 is 20.7 Å². The van der Waals surface area contributed by atoms with Crippen molar-refractivity contribution >= 4 is 40.4 Å². The Bertz CT molecular complexity index is 2770. The van der Waals surface area contributed by atoms with Gasteiger partial charge in [0, 0.05) is 40.3 Å². The molecule has 0 amide bonds. The molecule has 0 fully saturated rings. The number of hydrogen-bond acceptors (Lipinski definition) is 2. The third-order valence-electron chi connectivity index (χ3n) is 17.8. The molecule has 2 aliphatic heterocycles. The highest BCUT2D eigenvalue weighted by Gasteiger charge is 2.58. The first-order chi connectivity index (χ1) is 32.0. The summed E-state index contributed by atoms with van der Waals surface area (Å²) in [4.78, 5) is 5.77. The zero-order valence-corrected chi connectivity index (χ0v) is 46.5. The van der Waals surface area contributed by atoms with Crippen molar-refractivity contribution in [1.82, 2.24) is 0 Å². The number of aryl methyl sites for hydroxylation is 1. The van der Waals surface area contributed by atoms with Crippen LogP contribution in [0.4, 0.5) is 22.7 Å². The predicted molar refractivity (Wildman–Crippen MR) is 303 cm³/mol. The molecule has 9 rings (SSSR count). The number of rotatable bonds is 4. The molecule has 6 atom stereocenters. The standard InChI is InChI=1S/C66H87BN2/c1-41-20-33-53(50(38-41)44-22-26-46(27-23-44)61(4,5)6)68-56-36-32-51(65(16,17)18)60-59(56)67(66(19)40-49(64(13,14)15)31-37-57(66)68)52-39-48(63(10,11)12)30-35-54(52)69(60)55-34-21-42(2)43(3)58(55)45-24-28-47(29-25-45)62(7,8)9/h20-24,26-27,30-33,35-40,43,47,55,57-58H,25,28-29,34H2,1-19H3/t43-,47?,55?,57?,58?,66?/m1/s1. The predicted octanol–water partition coefficient (Wildman–Crippen LogP) is 17.2. The quantitative estimate of drug-likeness (QED) is 0.149. The lowest BCUT2D eigenvalue weighted by atomic mass is 9.22. The summed E-state index contributed by atoms with van der Waals surface area (Å²) in [5, 5.41) is -0.297. The monoisotopic (exact) mass is 919 g/mol. The normalized spacial score (nSPS) is 25.1. The van der Waals surface area contributed by atoms with Gasteiger partial charge in [0.1, 0.15) is 0 Å². The van der Waals surface area contributed by atoms with E-state index in [0.717, 1.165) is 12.3 Å². The van der Waals surface area contributed by atoms with Gasteiger partial charge in [-0.15, -0.1) is 0 Å². The molecule has 2 heterocycles. The van der Waals surface area contributed by atoms with Crippen LogP contribution in [-0.4, -0.2) is 18.8 Å². The highest BCUT2D eigenvalue weighted by molar-refractivity contribution is 6.92. The second kappa shape index (κ2) is 16.8. The molecule has 364 valence electrons. The van der Waals surface area contributed by atoms with E-state index < -0.39 is 0 Å². The van der Waals surface area contributed by atoms with Gasteiger partial charge in [0.2, 0.25) is 6.71 Å². The minimum atomic E-state index is -0.297. The summed E-state index contributed by atoms with van der Waals surface area (Å²) in [5.74, 6) is 1.58. The first-order valence-corrected chi connectivity index (χ1v) is 26.9. The second-order valence-corrected chi connectivity index (χ2v) is 27.9. The maximum Gasteiger partial charge on any atom is 0.229 e. The molecule has 5 aliphatic rings. The van der Waals surface area contributed by atoms with Crippen molar-refractivity contribution in [3.8, 4) is 11.1 Å². The van der Waals surface area contributed by atoms with Gasteiger partial charge in [-0.2, -0.15) is 0 Å². The van der Waals surface area contributed by atoms with Crippen LogP contribution in [0.15, 0.2) is 120 Å². The molecule has 5 unspecified atom stereocenters. The SMILES string of the molecule is CC1=CCC(N2c3ccc(C(C)(C)C)cc3B3c4c(ccc(C(C)(C)C)c42)N(c2ccc(C)cc2-c2ccc(C(C)(C)C)cc2)C2C=CC(C(C)(C)C)=CC32C)C(C2=CCC(C(C)(C)C)CC2)[C@@H]1C. The Morgan fingerprint density at radius 2 is 1.28 bits per heavy atom. The highest BCUT2D eigenvalue weighted by Crippen LogP contribution is 2.58. The smallest absolute Gasteiger partial charge is 0.229 e. The van der Waals surface area contributed by atoms with Crippen molar-refractivity contribution in [1.29, 1.82) is 0 Å². The van der Waals surface area contributed by atoms with Gasteiger partial charge in [0.25, 0.3) is 0 Å². The molecule has 2 nitrogen and oxygen atoms in total. The van der Waals surface area contributed by atoms with Crippen LogP contribution in [0.2, 0.25) is 5.31 Å². The van der Waals surface area contributed by atoms with E-state index in [4.69, 9.17) is 0 Å². The number of allylic oxidation sites excluding steroid dienone is 4. The Balaban J connectivity index is 1.39. The van der Waals surface area contributed by atoms with E-state index in [1.807, 2.05) is 0 Å². The molecule has 4 aromatic rings. The minimum Gasteiger partial charge on any atom is -0.338 e. The van der Waals surface area contributed by atoms with Crippen LogP contribution in [0, 0.1) is 35.5 Å². The third-order valence-corrected chi connectivity index (χ3v) is 17.8. The van der Waals surface area contributed by atoms with Crippen molar-refractivity contribution in [2.75, 3.05) is 9.80 Å². The lowest BCUT2D eigenvalue weighted by molar-refractivity contribution is 0.212. The molecule has 0 aromatic heterocycles. The molecular weight excluding hydrogens is 832 g/mol. The Hall–Kier alpha value is -4.50. The van der Waals surface area contributed by atoms with Gasteiger partial charge in [-0.1, -0.05) is 213 Å². The van der Waals surface area contributed by atoms with Gasteiger partial charge in [-0.05, 0) is 147 Å². The fraction of sp³-hybridized carbons (Fsp3) is 0.515. The third kappa shape index (κ3) is 8.56. The summed E-state index contributed by atoms with van der Waals surface area (Å²) in [6.45, 7) is 46.1. The molecule has 69 heavy (non-hydrogen) atoms. The highest BCUT2D eigenvalue weighted by atomic mass is 15.2. The molecule has 3 aliphatic carbocycles. The number of fused-ring (bicyclic) bond motifs is 4. The fourth-order valence-electron chi connectivity index (χ4n) is 13.4. The van der Waals surface area contributed by atoms with Crippen molar-refractivity contribution < 1.29 is 0 Å². The van der Waals surface area contributed by atoms with Crippen molar-refractivity contribution in [2.45, 2.75) is 191 Å². The molecule has 0 radical (unpaired) electrons. The summed E-state index contributed by atoms with van der Waals surface area (Å²) < 4.78 is 0. The van der Waals surface area contributed by atoms with Gasteiger partial charge < -0.3 is 9.80 Å². The van der Waals surface area contributed by atoms with Crippen LogP contribution in [0.1, 0.15) is 173 Å². The number of nitrogens with zero attached hydrogens (tertiary/aromatic N) is 2. The van der Waals surface area contributed by atoms with E-state index in [2.05, 4.69) is 245 Å². The van der Waals surface area contributed by atoms with E-state index >= 15 is 0 Å². The van der Waals surface area contributed by atoms with E-state index in [1.54, 1.807) is 11.1 Å². The molecule has 0 spiro atoms. The average molecular weight is 919 g/mol. The van der Waals surface area contributed by atoms with Gasteiger partial charge >= 0.3 is 0 Å². The van der Waals surface area contributed by atoms with Gasteiger partial charge in [0.15, 0.2) is 0 Å². The van der Waals surface area contributed by atoms with Crippen LogP contribution in [0.5, 0.6) is 0 Å². The summed E-state index contributed by atoms with van der Waals surface area (Å²) in [6, 6.07) is 29.9. The Morgan fingerprint density at radius 3 is 1.87 bits per heavy atom. The first kappa shape index (κ1) is 49.5. The van der Waals surface area contributed by atoms with Crippen LogP contribution >= 0.6 is 0 Å². The topological polar surface area (TPSA) is 6.48 Å². The molecule has 0 bridgehead atoms. The van der Waals surface area contributed by atoms with Crippen molar-refractivity contribution in [3.63, 3.8) is 0 Å². The second-order valence-electron chi connectivity index (χ2n) is 27.9. The molecule has 0 saturated carbocycles. The van der Waals surface area contributed by atoms with Crippen LogP contribution in [-0.2, 0) is 16.2 Å². The number of benzene rings is 4. The number of anilines is 4. The molecular formula is C66H87BN2. The maximum absolute atomic E-state index is 2.97. The lowest BCUT2D eigenvalue weighted by Crippen LogP contribution is -2.67. The molecule has 4 aromatic carbocycles. The Morgan fingerprint density at radius 1 is 0.638 bits per heavy atom. The van der Waals surface area contributed by atoms with Crippen LogP contribution in [0.3, 0.4) is 0 Å². The number of hydrogen-bond donors (Lipinski definition) is 0. The van der Waals surface area contributed by atoms with Crippen LogP contribution in [0.25, 0.3) is 11.1 Å². The largest absolute Gasteiger partial charge is 0.338 e. The molecule has 0 N–H and O–H groups in total.